The second-order valence-corrected chi connectivity index (χ2v) is 6.09. The van der Waals surface area contributed by atoms with E-state index in [4.69, 9.17) is 4.74 Å². The van der Waals surface area contributed by atoms with Gasteiger partial charge >= 0.3 is 0 Å². The number of hydrogen-bond donors (Lipinski definition) is 0. The number of benzene rings is 1. The fraction of sp³-hybridized carbons (Fsp3) is 0.412. The maximum absolute atomic E-state index is 12.3. The Labute approximate surface area is 142 Å². The van der Waals surface area contributed by atoms with Gasteiger partial charge in [-0.25, -0.2) is 0 Å². The summed E-state index contributed by atoms with van der Waals surface area (Å²) in [5.74, 6) is 0.727. The number of ether oxygens (including phenoxy) is 1. The number of thioether (sulfide) groups is 1. The largest absolute Gasteiger partial charge is 0.496 e. The van der Waals surface area contributed by atoms with Crippen LogP contribution >= 0.6 is 11.8 Å². The summed E-state index contributed by atoms with van der Waals surface area (Å²) in [6.07, 6.45) is 1.87. The molecule has 1 saturated heterocycles. The summed E-state index contributed by atoms with van der Waals surface area (Å²) < 4.78 is 5.52. The molecule has 1 fully saturated rings. The van der Waals surface area contributed by atoms with E-state index in [0.29, 0.717) is 10.1 Å². The van der Waals surface area contributed by atoms with Crippen molar-refractivity contribution in [1.82, 2.24) is 4.90 Å². The first kappa shape index (κ1) is 17.4. The van der Waals surface area contributed by atoms with Crippen LogP contribution in [0.2, 0.25) is 0 Å². The van der Waals surface area contributed by atoms with Crippen LogP contribution < -0.4 is 9.64 Å². The highest BCUT2D eigenvalue weighted by Crippen LogP contribution is 2.34. The van der Waals surface area contributed by atoms with E-state index < -0.39 is 0 Å². The Bertz CT molecular complexity index is 651. The number of methoxy groups -OCH3 is 1. The number of anilines is 1. The Morgan fingerprint density at radius 2 is 2.04 bits per heavy atom. The zero-order valence-corrected chi connectivity index (χ0v) is 15.1. The zero-order chi connectivity index (χ0) is 17.0. The van der Waals surface area contributed by atoms with E-state index in [1.807, 2.05) is 18.2 Å². The van der Waals surface area contributed by atoms with Gasteiger partial charge in [-0.05, 0) is 43.8 Å². The van der Waals surface area contributed by atoms with Crippen LogP contribution in [0, 0.1) is 0 Å². The average Bonchev–Trinajstić information content (AvgIpc) is 2.84. The molecule has 0 radical (unpaired) electrons. The lowest BCUT2D eigenvalue weighted by Gasteiger charge is -2.22. The van der Waals surface area contributed by atoms with Crippen LogP contribution in [-0.4, -0.2) is 50.3 Å². The number of carbonyl (C=O) groups is 1. The molecular weight excluding hydrogens is 310 g/mol. The van der Waals surface area contributed by atoms with Crippen LogP contribution in [0.25, 0.3) is 6.08 Å². The van der Waals surface area contributed by atoms with E-state index in [2.05, 4.69) is 29.8 Å². The predicted octanol–water partition coefficient (Wildman–Crippen LogP) is 3.07. The van der Waals surface area contributed by atoms with Gasteiger partial charge in [0.1, 0.15) is 5.75 Å². The third kappa shape index (κ3) is 3.52. The highest BCUT2D eigenvalue weighted by atomic mass is 32.2. The molecule has 0 aromatic heterocycles. The van der Waals surface area contributed by atoms with Crippen LogP contribution in [0.5, 0.6) is 5.75 Å². The highest BCUT2D eigenvalue weighted by molar-refractivity contribution is 8.18. The van der Waals surface area contributed by atoms with Gasteiger partial charge in [-0.1, -0.05) is 0 Å². The Kier molecular flexibility index (Phi) is 5.71. The zero-order valence-electron chi connectivity index (χ0n) is 14.3. The molecule has 0 atom stereocenters. The van der Waals surface area contributed by atoms with Crippen molar-refractivity contribution in [2.24, 2.45) is 4.99 Å². The Balaban J connectivity index is 2.37. The third-order valence-corrected chi connectivity index (χ3v) is 4.98. The predicted molar refractivity (Wildman–Crippen MR) is 98.3 cm³/mol. The maximum atomic E-state index is 12.3. The summed E-state index contributed by atoms with van der Waals surface area (Å²) in [6.45, 7) is 6.13. The fourth-order valence-corrected chi connectivity index (χ4v) is 3.41. The number of carbonyl (C=O) groups excluding carboxylic acids is 1. The molecule has 0 spiro atoms. The van der Waals surface area contributed by atoms with Gasteiger partial charge < -0.3 is 9.64 Å². The van der Waals surface area contributed by atoms with Gasteiger partial charge in [0.15, 0.2) is 5.17 Å². The Hall–Kier alpha value is -1.95. The second-order valence-electron chi connectivity index (χ2n) is 5.08. The molecule has 0 N–H and O–H groups in total. The number of nitrogens with zero attached hydrogens (tertiary/aromatic N) is 3. The summed E-state index contributed by atoms with van der Waals surface area (Å²) in [4.78, 5) is 20.8. The lowest BCUT2D eigenvalue weighted by molar-refractivity contribution is -0.121. The molecule has 0 aliphatic carbocycles. The van der Waals surface area contributed by atoms with E-state index in [1.165, 1.54) is 11.8 Å². The number of amides is 1. The maximum Gasteiger partial charge on any atom is 0.266 e. The lowest BCUT2D eigenvalue weighted by atomic mass is 10.1. The molecule has 124 valence electrons. The van der Waals surface area contributed by atoms with Crippen LogP contribution in [0.3, 0.4) is 0 Å². The van der Waals surface area contributed by atoms with Gasteiger partial charge in [-0.15, -0.1) is 0 Å². The van der Waals surface area contributed by atoms with Crippen molar-refractivity contribution < 1.29 is 9.53 Å². The normalized spacial score (nSPS) is 18.1. The highest BCUT2D eigenvalue weighted by Gasteiger charge is 2.29. The van der Waals surface area contributed by atoms with Crippen molar-refractivity contribution in [3.05, 3.63) is 28.7 Å². The van der Waals surface area contributed by atoms with E-state index in [9.17, 15) is 4.79 Å². The SMILES string of the molecule is CCN(CC)c1ccc(/C=C2/SC(=NC)N(C)C2=O)c(OC)c1. The quantitative estimate of drug-likeness (QED) is 0.777. The smallest absolute Gasteiger partial charge is 0.266 e. The minimum Gasteiger partial charge on any atom is -0.496 e. The summed E-state index contributed by atoms with van der Waals surface area (Å²) >= 11 is 1.38. The first-order valence-electron chi connectivity index (χ1n) is 7.63. The van der Waals surface area contributed by atoms with Crippen molar-refractivity contribution in [3.63, 3.8) is 0 Å². The van der Waals surface area contributed by atoms with Gasteiger partial charge in [0.2, 0.25) is 0 Å². The minimum absolute atomic E-state index is 0.0366. The summed E-state index contributed by atoms with van der Waals surface area (Å²) in [5.41, 5.74) is 2.01. The molecule has 1 heterocycles. The molecule has 0 saturated carbocycles. The number of likely N-dealkylation sites (N-methyl/N-ethyl adjacent to an activating group) is 1. The Morgan fingerprint density at radius 1 is 1.35 bits per heavy atom. The molecule has 0 unspecified atom stereocenters. The van der Waals surface area contributed by atoms with E-state index >= 15 is 0 Å². The van der Waals surface area contributed by atoms with Crippen molar-refractivity contribution >= 4 is 34.6 Å². The molecule has 1 aromatic carbocycles. The second kappa shape index (κ2) is 7.55. The van der Waals surface area contributed by atoms with E-state index in [0.717, 1.165) is 30.1 Å². The average molecular weight is 333 g/mol. The number of amidine groups is 1. The standard InChI is InChI=1S/C17H23N3O2S/c1-6-20(7-2)13-9-8-12(14(11-13)22-5)10-15-16(21)19(4)17(18-3)23-15/h8-11H,6-7H2,1-5H3/b15-10+,18-17?. The molecule has 1 aliphatic heterocycles. The van der Waals surface area contributed by atoms with E-state index in [-0.39, 0.29) is 5.91 Å². The van der Waals surface area contributed by atoms with E-state index in [1.54, 1.807) is 26.1 Å². The van der Waals surface area contributed by atoms with Crippen LogP contribution in [-0.2, 0) is 4.79 Å². The number of rotatable bonds is 5. The minimum atomic E-state index is -0.0366. The molecule has 6 heteroatoms. The molecule has 0 bridgehead atoms. The van der Waals surface area contributed by atoms with Crippen molar-refractivity contribution in [1.29, 1.82) is 0 Å². The molecule has 1 aliphatic rings. The van der Waals surface area contributed by atoms with Crippen LogP contribution in [0.1, 0.15) is 19.4 Å². The van der Waals surface area contributed by atoms with Gasteiger partial charge in [0.25, 0.3) is 5.91 Å². The number of hydrogen-bond acceptors (Lipinski definition) is 5. The molecule has 23 heavy (non-hydrogen) atoms. The first-order chi connectivity index (χ1) is 11.0. The third-order valence-electron chi connectivity index (χ3n) is 3.83. The van der Waals surface area contributed by atoms with Crippen LogP contribution in [0.4, 0.5) is 5.69 Å². The summed E-state index contributed by atoms with van der Waals surface area (Å²) in [7, 11) is 5.08. The van der Waals surface area contributed by atoms with Crippen molar-refractivity contribution in [2.45, 2.75) is 13.8 Å². The lowest BCUT2D eigenvalue weighted by Crippen LogP contribution is -2.23. The molecule has 2 rings (SSSR count). The van der Waals surface area contributed by atoms with Crippen LogP contribution in [0.15, 0.2) is 28.1 Å². The molecule has 5 nitrogen and oxygen atoms in total. The van der Waals surface area contributed by atoms with Crippen molar-refractivity contribution in [3.8, 4) is 5.75 Å². The summed E-state index contributed by atoms with van der Waals surface area (Å²) in [6, 6.07) is 6.07. The van der Waals surface area contributed by atoms with Gasteiger partial charge in [0.05, 0.1) is 12.0 Å². The molecule has 1 aromatic rings. The molecular formula is C17H23N3O2S. The van der Waals surface area contributed by atoms with Gasteiger partial charge in [-0.3, -0.25) is 14.7 Å². The van der Waals surface area contributed by atoms with Gasteiger partial charge in [-0.2, -0.15) is 0 Å². The first-order valence-corrected chi connectivity index (χ1v) is 8.44. The monoisotopic (exact) mass is 333 g/mol. The molecule has 1 amide bonds. The van der Waals surface area contributed by atoms with Gasteiger partial charge in [0, 0.05) is 44.5 Å². The Morgan fingerprint density at radius 3 is 2.57 bits per heavy atom. The topological polar surface area (TPSA) is 45.1 Å². The fourth-order valence-electron chi connectivity index (χ4n) is 2.50. The number of aliphatic imine (C=N–C) groups is 1. The van der Waals surface area contributed by atoms with Crippen molar-refractivity contribution in [2.75, 3.05) is 39.2 Å². The summed E-state index contributed by atoms with van der Waals surface area (Å²) in [5, 5.41) is 0.708.